The van der Waals surface area contributed by atoms with Gasteiger partial charge in [-0.15, -0.1) is 10.2 Å². The molecule has 0 radical (unpaired) electrons. The first-order valence-electron chi connectivity index (χ1n) is 8.87. The summed E-state index contributed by atoms with van der Waals surface area (Å²) in [4.78, 5) is 12.5. The van der Waals surface area contributed by atoms with Crippen molar-refractivity contribution in [1.82, 2.24) is 20.1 Å². The number of carbonyl (C=O) groups excluding carboxylic acids is 1. The van der Waals surface area contributed by atoms with E-state index in [0.29, 0.717) is 10.8 Å². The summed E-state index contributed by atoms with van der Waals surface area (Å²) in [5.74, 6) is -0.224. The van der Waals surface area contributed by atoms with Gasteiger partial charge in [-0.05, 0) is 42.5 Å². The van der Waals surface area contributed by atoms with Crippen molar-refractivity contribution in [2.24, 2.45) is 0 Å². The van der Waals surface area contributed by atoms with Crippen molar-refractivity contribution in [1.29, 1.82) is 0 Å². The molecule has 1 aliphatic carbocycles. The number of carbonyl (C=O) groups is 1. The monoisotopic (exact) mass is 382 g/mol. The zero-order valence-electron chi connectivity index (χ0n) is 14.6. The van der Waals surface area contributed by atoms with E-state index in [-0.39, 0.29) is 23.5 Å². The quantitative estimate of drug-likeness (QED) is 0.684. The highest BCUT2D eigenvalue weighted by molar-refractivity contribution is 7.99. The lowest BCUT2D eigenvalue weighted by atomic mass is 9.88. The van der Waals surface area contributed by atoms with Gasteiger partial charge in [0.1, 0.15) is 12.1 Å². The molecule has 5 nitrogen and oxygen atoms in total. The summed E-state index contributed by atoms with van der Waals surface area (Å²) in [6, 6.07) is 14.7. The molecule has 1 unspecified atom stereocenters. The number of fused-ring (bicyclic) bond motifs is 1. The summed E-state index contributed by atoms with van der Waals surface area (Å²) in [6.45, 7) is 0. The molecule has 0 saturated carbocycles. The van der Waals surface area contributed by atoms with Crippen LogP contribution in [0.4, 0.5) is 4.39 Å². The minimum absolute atomic E-state index is 0.0486. The fourth-order valence-corrected chi connectivity index (χ4v) is 4.14. The van der Waals surface area contributed by atoms with Crippen LogP contribution < -0.4 is 5.32 Å². The van der Waals surface area contributed by atoms with Crippen molar-refractivity contribution in [2.75, 3.05) is 5.75 Å². The van der Waals surface area contributed by atoms with Crippen molar-refractivity contribution in [3.8, 4) is 5.69 Å². The fourth-order valence-electron chi connectivity index (χ4n) is 3.41. The molecule has 27 heavy (non-hydrogen) atoms. The van der Waals surface area contributed by atoms with E-state index in [9.17, 15) is 9.18 Å². The SMILES string of the molecule is O=C(CSc1nncn1-c1ccccc1F)NC1CCCc2ccccc21. The van der Waals surface area contributed by atoms with Crippen LogP contribution in [-0.4, -0.2) is 26.4 Å². The van der Waals surface area contributed by atoms with Gasteiger partial charge in [0.2, 0.25) is 5.91 Å². The Kier molecular flexibility index (Phi) is 5.20. The number of aromatic nitrogens is 3. The minimum Gasteiger partial charge on any atom is -0.349 e. The molecule has 0 aliphatic heterocycles. The smallest absolute Gasteiger partial charge is 0.230 e. The number of hydrogen-bond donors (Lipinski definition) is 1. The van der Waals surface area contributed by atoms with Gasteiger partial charge in [0.15, 0.2) is 5.16 Å². The van der Waals surface area contributed by atoms with E-state index in [1.54, 1.807) is 22.8 Å². The molecule has 2 aromatic carbocycles. The van der Waals surface area contributed by atoms with Gasteiger partial charge >= 0.3 is 0 Å². The highest BCUT2D eigenvalue weighted by atomic mass is 32.2. The Labute approximate surface area is 161 Å². The first-order chi connectivity index (χ1) is 13.2. The predicted octanol–water partition coefficient (Wildman–Crippen LogP) is 3.69. The van der Waals surface area contributed by atoms with Crippen LogP contribution >= 0.6 is 11.8 Å². The molecule has 0 fully saturated rings. The zero-order chi connectivity index (χ0) is 18.6. The third-order valence-corrected chi connectivity index (χ3v) is 5.61. The Balaban J connectivity index is 1.42. The van der Waals surface area contributed by atoms with Crippen LogP contribution in [0.3, 0.4) is 0 Å². The average Bonchev–Trinajstić information content (AvgIpc) is 3.15. The summed E-state index contributed by atoms with van der Waals surface area (Å²) in [5.41, 5.74) is 2.88. The molecule has 1 atom stereocenters. The maximum Gasteiger partial charge on any atom is 0.230 e. The van der Waals surface area contributed by atoms with E-state index >= 15 is 0 Å². The van der Waals surface area contributed by atoms with Crippen molar-refractivity contribution >= 4 is 17.7 Å². The molecule has 1 aromatic heterocycles. The second-order valence-corrected chi connectivity index (χ2v) is 7.38. The van der Waals surface area contributed by atoms with Crippen LogP contribution in [-0.2, 0) is 11.2 Å². The largest absolute Gasteiger partial charge is 0.349 e. The van der Waals surface area contributed by atoms with Crippen molar-refractivity contribution < 1.29 is 9.18 Å². The van der Waals surface area contributed by atoms with E-state index < -0.39 is 0 Å². The van der Waals surface area contributed by atoms with E-state index in [4.69, 9.17) is 0 Å². The lowest BCUT2D eigenvalue weighted by molar-refractivity contribution is -0.119. The molecule has 0 saturated heterocycles. The Bertz CT molecular complexity index is 958. The van der Waals surface area contributed by atoms with Crippen molar-refractivity contribution in [2.45, 2.75) is 30.5 Å². The number of para-hydroxylation sites is 1. The van der Waals surface area contributed by atoms with E-state index in [2.05, 4.69) is 27.6 Å². The lowest BCUT2D eigenvalue weighted by Gasteiger charge is -2.26. The van der Waals surface area contributed by atoms with Gasteiger partial charge in [-0.1, -0.05) is 48.2 Å². The van der Waals surface area contributed by atoms with Crippen LogP contribution in [0.2, 0.25) is 0 Å². The van der Waals surface area contributed by atoms with Crippen LogP contribution in [0.5, 0.6) is 0 Å². The molecule has 1 aliphatic rings. The molecule has 0 spiro atoms. The maximum absolute atomic E-state index is 14.0. The summed E-state index contributed by atoms with van der Waals surface area (Å²) >= 11 is 1.25. The van der Waals surface area contributed by atoms with E-state index in [1.807, 2.05) is 12.1 Å². The van der Waals surface area contributed by atoms with Gasteiger partial charge < -0.3 is 5.32 Å². The third-order valence-electron chi connectivity index (χ3n) is 4.67. The summed E-state index contributed by atoms with van der Waals surface area (Å²) in [6.07, 6.45) is 4.52. The first-order valence-corrected chi connectivity index (χ1v) is 9.86. The summed E-state index contributed by atoms with van der Waals surface area (Å²) in [7, 11) is 0. The molecular weight excluding hydrogens is 363 g/mol. The van der Waals surface area contributed by atoms with Crippen molar-refractivity contribution in [3.63, 3.8) is 0 Å². The number of nitrogens with one attached hydrogen (secondary N) is 1. The van der Waals surface area contributed by atoms with Crippen LogP contribution in [0, 0.1) is 5.82 Å². The number of benzene rings is 2. The molecule has 1 amide bonds. The number of hydrogen-bond acceptors (Lipinski definition) is 4. The molecule has 1 N–H and O–H groups in total. The molecule has 0 bridgehead atoms. The van der Waals surface area contributed by atoms with Gasteiger partial charge in [-0.2, -0.15) is 0 Å². The number of thioether (sulfide) groups is 1. The molecule has 4 rings (SSSR count). The third kappa shape index (κ3) is 3.88. The fraction of sp³-hybridized carbons (Fsp3) is 0.250. The van der Waals surface area contributed by atoms with Gasteiger partial charge in [0.05, 0.1) is 17.5 Å². The number of nitrogens with zero attached hydrogens (tertiary/aromatic N) is 3. The predicted molar refractivity (Wildman–Crippen MR) is 102 cm³/mol. The van der Waals surface area contributed by atoms with Gasteiger partial charge in [-0.3, -0.25) is 9.36 Å². The summed E-state index contributed by atoms with van der Waals surface area (Å²) in [5, 5.41) is 11.5. The van der Waals surface area contributed by atoms with Gasteiger partial charge in [-0.25, -0.2) is 4.39 Å². The van der Waals surface area contributed by atoms with Crippen molar-refractivity contribution in [3.05, 3.63) is 71.8 Å². The Morgan fingerprint density at radius 1 is 1.22 bits per heavy atom. The minimum atomic E-state index is -0.359. The average molecular weight is 382 g/mol. The number of amides is 1. The summed E-state index contributed by atoms with van der Waals surface area (Å²) < 4.78 is 15.6. The zero-order valence-corrected chi connectivity index (χ0v) is 15.5. The van der Waals surface area contributed by atoms with E-state index in [1.165, 1.54) is 35.3 Å². The normalized spacial score (nSPS) is 16.0. The van der Waals surface area contributed by atoms with Crippen LogP contribution in [0.1, 0.15) is 30.0 Å². The first kappa shape index (κ1) is 17.7. The number of halogens is 1. The van der Waals surface area contributed by atoms with Gasteiger partial charge in [0, 0.05) is 0 Å². The second-order valence-electron chi connectivity index (χ2n) is 6.43. The highest BCUT2D eigenvalue weighted by Crippen LogP contribution is 2.29. The highest BCUT2D eigenvalue weighted by Gasteiger charge is 2.21. The standard InChI is InChI=1S/C20H19FN4OS/c21-16-9-3-4-11-18(16)25-13-22-24-20(25)27-12-19(26)23-17-10-5-7-14-6-1-2-8-15(14)17/h1-4,6,8-9,11,13,17H,5,7,10,12H2,(H,23,26). The molecule has 1 heterocycles. The van der Waals surface area contributed by atoms with Crippen LogP contribution in [0.15, 0.2) is 60.0 Å². The molecule has 138 valence electrons. The maximum atomic E-state index is 14.0. The number of aryl methyl sites for hydroxylation is 1. The molecule has 7 heteroatoms. The molecule has 3 aromatic rings. The topological polar surface area (TPSA) is 59.8 Å². The van der Waals surface area contributed by atoms with Gasteiger partial charge in [0.25, 0.3) is 0 Å². The number of rotatable bonds is 5. The lowest BCUT2D eigenvalue weighted by Crippen LogP contribution is -2.32. The Morgan fingerprint density at radius 2 is 2.04 bits per heavy atom. The second kappa shape index (κ2) is 7.92. The Hall–Kier alpha value is -2.67. The van der Waals surface area contributed by atoms with E-state index in [0.717, 1.165) is 19.3 Å². The molecular formula is C20H19FN4OS. The van der Waals surface area contributed by atoms with Crippen LogP contribution in [0.25, 0.3) is 5.69 Å². The Morgan fingerprint density at radius 3 is 2.93 bits per heavy atom.